The van der Waals surface area contributed by atoms with Crippen molar-refractivity contribution in [3.8, 4) is 0 Å². The van der Waals surface area contributed by atoms with Crippen LogP contribution in [0.3, 0.4) is 0 Å². The van der Waals surface area contributed by atoms with E-state index in [0.717, 1.165) is 32.6 Å². The van der Waals surface area contributed by atoms with Gasteiger partial charge in [0.05, 0.1) is 0 Å². The van der Waals surface area contributed by atoms with Crippen LogP contribution >= 0.6 is 0 Å². The third kappa shape index (κ3) is 6.81. The van der Waals surface area contributed by atoms with Crippen LogP contribution in [0.15, 0.2) is 0 Å². The molecular formula is C15H34N2O2. The zero-order valence-electron chi connectivity index (χ0n) is 11.8. The molecule has 1 heterocycles. The molecule has 1 aliphatic rings. The van der Waals surface area contributed by atoms with Crippen LogP contribution in [0.4, 0.5) is 4.79 Å². The molecule has 0 spiro atoms. The lowest BCUT2D eigenvalue weighted by Crippen LogP contribution is -2.52. The zero-order valence-corrected chi connectivity index (χ0v) is 11.8. The van der Waals surface area contributed by atoms with Crippen LogP contribution in [-0.2, 0) is 4.74 Å². The summed E-state index contributed by atoms with van der Waals surface area (Å²) in [6, 6.07) is 0.607. The predicted octanol–water partition coefficient (Wildman–Crippen LogP) is 3.61. The second-order valence-electron chi connectivity index (χ2n) is 5.76. The standard InChI is InChI=1S/C13H26N2O2.2CH4/c1-6-11(2)14-7-9-15(10-8-14)12(16)17-13(3,4)5;;/h11H,6-10H2,1-5H3;2*1H4. The predicted molar refractivity (Wildman–Crippen MR) is 82.6 cm³/mol. The Morgan fingerprint density at radius 1 is 1.16 bits per heavy atom. The minimum Gasteiger partial charge on any atom is -0.444 e. The van der Waals surface area contributed by atoms with Crippen molar-refractivity contribution in [2.24, 2.45) is 0 Å². The molecule has 1 unspecified atom stereocenters. The highest BCUT2D eigenvalue weighted by atomic mass is 16.6. The summed E-state index contributed by atoms with van der Waals surface area (Å²) in [6.07, 6.45) is 0.980. The Labute approximate surface area is 120 Å². The van der Waals surface area contributed by atoms with Crippen molar-refractivity contribution >= 4 is 6.09 Å². The van der Waals surface area contributed by atoms with Gasteiger partial charge in [0.2, 0.25) is 0 Å². The van der Waals surface area contributed by atoms with Crippen LogP contribution in [0.5, 0.6) is 0 Å². The maximum Gasteiger partial charge on any atom is 0.410 e. The Balaban J connectivity index is 0. The highest BCUT2D eigenvalue weighted by Gasteiger charge is 2.26. The summed E-state index contributed by atoms with van der Waals surface area (Å²) in [5.41, 5.74) is -0.398. The van der Waals surface area contributed by atoms with Gasteiger partial charge in [0.15, 0.2) is 0 Å². The smallest absolute Gasteiger partial charge is 0.410 e. The molecule has 4 nitrogen and oxygen atoms in total. The lowest BCUT2D eigenvalue weighted by molar-refractivity contribution is 0.0110. The van der Waals surface area contributed by atoms with Gasteiger partial charge in [-0.1, -0.05) is 21.8 Å². The molecular weight excluding hydrogens is 240 g/mol. The number of hydrogen-bond acceptors (Lipinski definition) is 3. The van der Waals surface area contributed by atoms with Crippen LogP contribution in [0.1, 0.15) is 55.9 Å². The van der Waals surface area contributed by atoms with Gasteiger partial charge < -0.3 is 9.64 Å². The number of ether oxygens (including phenoxy) is 1. The van der Waals surface area contributed by atoms with Crippen LogP contribution in [0.2, 0.25) is 0 Å². The SMILES string of the molecule is C.C.CCC(C)N1CCN(C(=O)OC(C)(C)C)CC1. The van der Waals surface area contributed by atoms with E-state index in [0.29, 0.717) is 6.04 Å². The molecule has 116 valence electrons. The van der Waals surface area contributed by atoms with Gasteiger partial charge in [0.25, 0.3) is 0 Å². The molecule has 0 N–H and O–H groups in total. The van der Waals surface area contributed by atoms with Crippen LogP contribution < -0.4 is 0 Å². The Kier molecular flexibility index (Phi) is 9.09. The highest BCUT2D eigenvalue weighted by Crippen LogP contribution is 2.13. The van der Waals surface area contributed by atoms with Crippen molar-refractivity contribution in [3.63, 3.8) is 0 Å². The Bertz CT molecular complexity index is 253. The monoisotopic (exact) mass is 274 g/mol. The molecule has 1 amide bonds. The van der Waals surface area contributed by atoms with Crippen LogP contribution in [-0.4, -0.2) is 53.7 Å². The number of nitrogens with zero attached hydrogens (tertiary/aromatic N) is 2. The van der Waals surface area contributed by atoms with Gasteiger partial charge in [-0.3, -0.25) is 4.90 Å². The van der Waals surface area contributed by atoms with E-state index in [9.17, 15) is 4.79 Å². The van der Waals surface area contributed by atoms with Crippen molar-refractivity contribution < 1.29 is 9.53 Å². The average molecular weight is 274 g/mol. The van der Waals surface area contributed by atoms with Crippen molar-refractivity contribution in [3.05, 3.63) is 0 Å². The molecule has 1 atom stereocenters. The van der Waals surface area contributed by atoms with E-state index in [4.69, 9.17) is 4.74 Å². The van der Waals surface area contributed by atoms with Crippen LogP contribution in [0, 0.1) is 0 Å². The normalized spacial score (nSPS) is 18.1. The number of piperazine rings is 1. The van der Waals surface area contributed by atoms with E-state index >= 15 is 0 Å². The fourth-order valence-corrected chi connectivity index (χ4v) is 1.93. The van der Waals surface area contributed by atoms with E-state index in [2.05, 4.69) is 18.7 Å². The lowest BCUT2D eigenvalue weighted by atomic mass is 10.2. The molecule has 0 aromatic carbocycles. The summed E-state index contributed by atoms with van der Waals surface area (Å²) >= 11 is 0. The summed E-state index contributed by atoms with van der Waals surface area (Å²) in [4.78, 5) is 16.1. The summed E-state index contributed by atoms with van der Waals surface area (Å²) in [5, 5.41) is 0. The lowest BCUT2D eigenvalue weighted by Gasteiger charge is -2.38. The van der Waals surface area contributed by atoms with Crippen molar-refractivity contribution in [1.82, 2.24) is 9.80 Å². The van der Waals surface area contributed by atoms with Gasteiger partial charge in [-0.2, -0.15) is 0 Å². The van der Waals surface area contributed by atoms with Gasteiger partial charge in [-0.15, -0.1) is 0 Å². The minimum absolute atomic E-state index is 0. The van der Waals surface area contributed by atoms with E-state index in [1.165, 1.54) is 0 Å². The zero-order chi connectivity index (χ0) is 13.1. The van der Waals surface area contributed by atoms with E-state index in [1.54, 1.807) is 0 Å². The topological polar surface area (TPSA) is 32.8 Å². The van der Waals surface area contributed by atoms with Crippen molar-refractivity contribution in [1.29, 1.82) is 0 Å². The molecule has 0 radical (unpaired) electrons. The largest absolute Gasteiger partial charge is 0.444 e. The Morgan fingerprint density at radius 3 is 2.00 bits per heavy atom. The Hall–Kier alpha value is -0.770. The molecule has 0 saturated carbocycles. The number of amides is 1. The second-order valence-corrected chi connectivity index (χ2v) is 5.76. The molecule has 1 fully saturated rings. The molecule has 0 aromatic rings. The van der Waals surface area contributed by atoms with E-state index in [-0.39, 0.29) is 20.9 Å². The molecule has 1 rings (SSSR count). The summed E-state index contributed by atoms with van der Waals surface area (Å²) in [5.74, 6) is 0. The fraction of sp³-hybridized carbons (Fsp3) is 0.933. The van der Waals surface area contributed by atoms with Crippen LogP contribution in [0.25, 0.3) is 0 Å². The number of carbonyl (C=O) groups excluding carboxylic acids is 1. The first-order chi connectivity index (χ1) is 7.83. The molecule has 1 saturated heterocycles. The van der Waals surface area contributed by atoms with E-state index < -0.39 is 5.60 Å². The number of hydrogen-bond donors (Lipinski definition) is 0. The first-order valence-corrected chi connectivity index (χ1v) is 6.55. The summed E-state index contributed by atoms with van der Waals surface area (Å²) in [7, 11) is 0. The van der Waals surface area contributed by atoms with E-state index in [1.807, 2.05) is 25.7 Å². The maximum atomic E-state index is 11.8. The second kappa shape index (κ2) is 8.41. The third-order valence-electron chi connectivity index (χ3n) is 3.18. The molecule has 4 heteroatoms. The summed E-state index contributed by atoms with van der Waals surface area (Å²) in [6.45, 7) is 13.6. The van der Waals surface area contributed by atoms with Crippen molar-refractivity contribution in [2.45, 2.75) is 67.5 Å². The maximum absolute atomic E-state index is 11.8. The quantitative estimate of drug-likeness (QED) is 0.771. The highest BCUT2D eigenvalue weighted by molar-refractivity contribution is 5.68. The van der Waals surface area contributed by atoms with Gasteiger partial charge in [-0.05, 0) is 34.1 Å². The fourth-order valence-electron chi connectivity index (χ4n) is 1.93. The first kappa shape index (κ1) is 20.5. The third-order valence-corrected chi connectivity index (χ3v) is 3.18. The van der Waals surface area contributed by atoms with Gasteiger partial charge in [-0.25, -0.2) is 4.79 Å². The molecule has 0 aromatic heterocycles. The van der Waals surface area contributed by atoms with Gasteiger partial charge in [0.1, 0.15) is 5.60 Å². The average Bonchev–Trinajstić information content (AvgIpc) is 2.26. The first-order valence-electron chi connectivity index (χ1n) is 6.55. The number of carbonyl (C=O) groups is 1. The minimum atomic E-state index is -0.398. The molecule has 0 bridgehead atoms. The molecule has 19 heavy (non-hydrogen) atoms. The molecule has 0 aliphatic carbocycles. The Morgan fingerprint density at radius 2 is 1.63 bits per heavy atom. The van der Waals surface area contributed by atoms with Gasteiger partial charge >= 0.3 is 6.09 Å². The number of rotatable bonds is 2. The van der Waals surface area contributed by atoms with Gasteiger partial charge in [0, 0.05) is 32.2 Å². The summed E-state index contributed by atoms with van der Waals surface area (Å²) < 4.78 is 5.37. The van der Waals surface area contributed by atoms with Crippen molar-refractivity contribution in [2.75, 3.05) is 26.2 Å². The molecule has 1 aliphatic heterocycles.